The predicted molar refractivity (Wildman–Crippen MR) is 21.4 cm³/mol. The van der Waals surface area contributed by atoms with E-state index < -0.39 is 15.9 Å². The molecule has 4 heavy (non-hydrogen) atoms. The molecular formula is C3H6Pt. The number of hydrogen-bond acceptors (Lipinski definition) is 0. The van der Waals surface area contributed by atoms with Gasteiger partial charge in [0.15, 0.2) is 0 Å². The molecule has 0 saturated heterocycles. The summed E-state index contributed by atoms with van der Waals surface area (Å²) in [6.07, 6.45) is 0. The fourth-order valence-electron chi connectivity index (χ4n) is 0. The second-order valence-electron chi connectivity index (χ2n) is 0.474. The first-order valence-corrected chi connectivity index (χ1v) is 5.49. The second kappa shape index (κ2) is 1.60. The van der Waals surface area contributed by atoms with Gasteiger partial charge < -0.3 is 0 Å². The standard InChI is InChI=1S/3CH2.Pt/h3*1H2;. The molecule has 0 saturated carbocycles. The van der Waals surface area contributed by atoms with Crippen molar-refractivity contribution in [3.8, 4) is 0 Å². The summed E-state index contributed by atoms with van der Waals surface area (Å²) in [6, 6.07) is 0. The van der Waals surface area contributed by atoms with Gasteiger partial charge in [-0.15, -0.1) is 0 Å². The summed E-state index contributed by atoms with van der Waals surface area (Å²) in [7, 11) is 0. The van der Waals surface area contributed by atoms with Crippen LogP contribution in [-0.2, 0) is 15.9 Å². The Bertz CT molecular complexity index is 72.7. The summed E-state index contributed by atoms with van der Waals surface area (Å²) in [4.78, 5) is 10.7. The maximum atomic E-state index is 3.57. The summed E-state index contributed by atoms with van der Waals surface area (Å²) >= 11 is -1.02. The SMILES string of the molecule is [CH2]=[Pt](=[CH2])=[CH2]. The monoisotopic (exact) mass is 237 g/mol. The quantitative estimate of drug-likeness (QED) is 0.552. The van der Waals surface area contributed by atoms with Crippen molar-refractivity contribution < 1.29 is 15.9 Å². The molecule has 1 heteroatoms. The third kappa shape index (κ3) is 43.5. The molecule has 0 aliphatic rings. The van der Waals surface area contributed by atoms with Crippen LogP contribution in [0.1, 0.15) is 0 Å². The van der Waals surface area contributed by atoms with Crippen LogP contribution in [0.5, 0.6) is 0 Å². The summed E-state index contributed by atoms with van der Waals surface area (Å²) in [5.41, 5.74) is 0. The first-order valence-electron chi connectivity index (χ1n) is 0.671. The van der Waals surface area contributed by atoms with Crippen LogP contribution in [-0.4, -0.2) is 14.7 Å². The third-order valence-corrected chi connectivity index (χ3v) is 0. The van der Waals surface area contributed by atoms with Gasteiger partial charge in [0.2, 0.25) is 0 Å². The van der Waals surface area contributed by atoms with Gasteiger partial charge in [-0.05, 0) is 0 Å². The Morgan fingerprint density at radius 1 is 1.00 bits per heavy atom. The first kappa shape index (κ1) is 4.30. The van der Waals surface area contributed by atoms with Gasteiger partial charge in [-0.1, -0.05) is 0 Å². The fraction of sp³-hybridized carbons (Fsp3) is 0. The van der Waals surface area contributed by atoms with E-state index in [1.54, 1.807) is 0 Å². The molecule has 0 atom stereocenters. The van der Waals surface area contributed by atoms with Crippen molar-refractivity contribution >= 4 is 14.7 Å². The minimum absolute atomic E-state index is 1.02. The van der Waals surface area contributed by atoms with E-state index in [9.17, 15) is 0 Å². The van der Waals surface area contributed by atoms with E-state index in [4.69, 9.17) is 0 Å². The van der Waals surface area contributed by atoms with Crippen LogP contribution in [0.4, 0.5) is 0 Å². The summed E-state index contributed by atoms with van der Waals surface area (Å²) in [5, 5.41) is 0. The van der Waals surface area contributed by atoms with Gasteiger partial charge in [-0.2, -0.15) is 0 Å². The molecule has 0 aromatic carbocycles. The van der Waals surface area contributed by atoms with E-state index in [1.807, 2.05) is 0 Å². The van der Waals surface area contributed by atoms with Crippen LogP contribution in [0.25, 0.3) is 0 Å². The van der Waals surface area contributed by atoms with E-state index in [0.29, 0.717) is 0 Å². The van der Waals surface area contributed by atoms with Gasteiger partial charge in [0.1, 0.15) is 0 Å². The van der Waals surface area contributed by atoms with Crippen molar-refractivity contribution in [2.45, 2.75) is 0 Å². The molecule has 0 aromatic rings. The van der Waals surface area contributed by atoms with Crippen molar-refractivity contribution in [3.63, 3.8) is 0 Å². The molecule has 0 aliphatic carbocycles. The van der Waals surface area contributed by atoms with E-state index in [2.05, 4.69) is 14.7 Å². The van der Waals surface area contributed by atoms with Gasteiger partial charge in [0, 0.05) is 0 Å². The second-order valence-corrected chi connectivity index (χ2v) is 3.88. The summed E-state index contributed by atoms with van der Waals surface area (Å²) in [5.74, 6) is 0. The number of hydrogen-bond donors (Lipinski definition) is 0. The van der Waals surface area contributed by atoms with Crippen LogP contribution in [0.3, 0.4) is 0 Å². The average Bonchev–Trinajstić information content (AvgIpc) is 0.811. The van der Waals surface area contributed by atoms with Gasteiger partial charge in [0.05, 0.1) is 0 Å². The Kier molecular flexibility index (Phi) is 1.72. The first-order chi connectivity index (χ1) is 1.73. The Morgan fingerprint density at radius 2 is 1.00 bits per heavy atom. The molecule has 0 spiro atoms. The molecule has 28 valence electrons. The maximum absolute atomic E-state index is 3.57. The van der Waals surface area contributed by atoms with Crippen LogP contribution in [0, 0.1) is 0 Å². The van der Waals surface area contributed by atoms with Crippen molar-refractivity contribution in [3.05, 3.63) is 0 Å². The van der Waals surface area contributed by atoms with E-state index in [1.165, 1.54) is 0 Å². The van der Waals surface area contributed by atoms with Gasteiger partial charge >= 0.3 is 30.6 Å². The zero-order valence-corrected chi connectivity index (χ0v) is 4.71. The minimum atomic E-state index is -1.02. The zero-order chi connectivity index (χ0) is 3.58. The van der Waals surface area contributed by atoms with Crippen molar-refractivity contribution in [2.75, 3.05) is 0 Å². The van der Waals surface area contributed by atoms with Gasteiger partial charge in [-0.25, -0.2) is 0 Å². The van der Waals surface area contributed by atoms with Crippen LogP contribution in [0.2, 0.25) is 0 Å². The Hall–Kier alpha value is 0.298. The average molecular weight is 237 g/mol. The third-order valence-electron chi connectivity index (χ3n) is 0. The molecule has 0 unspecified atom stereocenters. The van der Waals surface area contributed by atoms with E-state index >= 15 is 0 Å². The normalized spacial score (nSPS) is 10.5. The van der Waals surface area contributed by atoms with E-state index in [-0.39, 0.29) is 0 Å². The van der Waals surface area contributed by atoms with Crippen molar-refractivity contribution in [2.24, 2.45) is 0 Å². The predicted octanol–water partition coefficient (Wildman–Crippen LogP) is -0.0994. The van der Waals surface area contributed by atoms with Crippen LogP contribution in [0.15, 0.2) is 0 Å². The van der Waals surface area contributed by atoms with Crippen LogP contribution >= 0.6 is 0 Å². The number of rotatable bonds is 0. The molecule has 0 rings (SSSR count). The molecule has 0 nitrogen and oxygen atoms in total. The van der Waals surface area contributed by atoms with E-state index in [0.717, 1.165) is 0 Å². The molecule has 0 aromatic heterocycles. The molecule has 0 N–H and O–H groups in total. The topological polar surface area (TPSA) is 0 Å². The van der Waals surface area contributed by atoms with Gasteiger partial charge in [0.25, 0.3) is 0 Å². The Balaban J connectivity index is 4.65. The summed E-state index contributed by atoms with van der Waals surface area (Å²) in [6.45, 7) is 0. The molecule has 0 aliphatic heterocycles. The molecule has 0 amide bonds. The Labute approximate surface area is 31.2 Å². The Morgan fingerprint density at radius 3 is 1.00 bits per heavy atom. The molecule has 0 fully saturated rings. The molecular weight excluding hydrogens is 231 g/mol. The fourth-order valence-corrected chi connectivity index (χ4v) is 0. The summed E-state index contributed by atoms with van der Waals surface area (Å²) < 4.78 is 0. The van der Waals surface area contributed by atoms with Crippen LogP contribution < -0.4 is 0 Å². The zero-order valence-electron chi connectivity index (χ0n) is 2.44. The van der Waals surface area contributed by atoms with Crippen molar-refractivity contribution in [1.29, 1.82) is 0 Å². The molecule has 0 bridgehead atoms. The van der Waals surface area contributed by atoms with Gasteiger partial charge in [-0.3, -0.25) is 0 Å². The van der Waals surface area contributed by atoms with Crippen molar-refractivity contribution in [1.82, 2.24) is 0 Å². The molecule has 0 heterocycles. The molecule has 0 radical (unpaired) electrons.